The molecule has 3 aromatic carbocycles. The van der Waals surface area contributed by atoms with Gasteiger partial charge in [0.1, 0.15) is 24.7 Å². The van der Waals surface area contributed by atoms with Crippen LogP contribution in [0.4, 0.5) is 0 Å². The third kappa shape index (κ3) is 5.63. The Morgan fingerprint density at radius 3 is 1.63 bits per heavy atom. The highest BCUT2D eigenvalue weighted by Gasteiger charge is 2.02. The zero-order valence-electron chi connectivity index (χ0n) is 15.4. The highest BCUT2D eigenvalue weighted by molar-refractivity contribution is 6.20. The van der Waals surface area contributed by atoms with Crippen molar-refractivity contribution in [3.63, 3.8) is 0 Å². The van der Waals surface area contributed by atoms with Crippen LogP contribution < -0.4 is 9.47 Å². The maximum atomic E-state index is 6.07. The summed E-state index contributed by atoms with van der Waals surface area (Å²) >= 11 is 6.07. The SMILES string of the molecule is C=Cc1ccc(OCc2ccc(COc3ccc(C(C)Cl)cc3)cc2)cc1. The largest absolute Gasteiger partial charge is 0.489 e. The van der Waals surface area contributed by atoms with Crippen LogP contribution in [0.5, 0.6) is 11.5 Å². The molecule has 0 fully saturated rings. The Labute approximate surface area is 166 Å². The number of halogens is 1. The Bertz CT molecular complexity index is 850. The van der Waals surface area contributed by atoms with Gasteiger partial charge in [-0.05, 0) is 53.4 Å². The van der Waals surface area contributed by atoms with Crippen LogP contribution in [-0.4, -0.2) is 0 Å². The van der Waals surface area contributed by atoms with Gasteiger partial charge in [-0.3, -0.25) is 0 Å². The number of hydrogen-bond acceptors (Lipinski definition) is 2. The molecule has 0 spiro atoms. The molecule has 1 atom stereocenters. The summed E-state index contributed by atoms with van der Waals surface area (Å²) < 4.78 is 11.7. The molecular formula is C24H23ClO2. The zero-order chi connectivity index (χ0) is 19.1. The lowest BCUT2D eigenvalue weighted by atomic mass is 10.1. The van der Waals surface area contributed by atoms with Gasteiger partial charge in [0.15, 0.2) is 0 Å². The van der Waals surface area contributed by atoms with Crippen LogP contribution in [0.15, 0.2) is 79.4 Å². The van der Waals surface area contributed by atoms with E-state index >= 15 is 0 Å². The van der Waals surface area contributed by atoms with Crippen molar-refractivity contribution >= 4 is 17.7 Å². The van der Waals surface area contributed by atoms with Crippen molar-refractivity contribution in [1.29, 1.82) is 0 Å². The lowest BCUT2D eigenvalue weighted by Gasteiger charge is -2.10. The van der Waals surface area contributed by atoms with Gasteiger partial charge in [0.2, 0.25) is 0 Å². The van der Waals surface area contributed by atoms with E-state index in [2.05, 4.69) is 30.8 Å². The quantitative estimate of drug-likeness (QED) is 0.402. The summed E-state index contributed by atoms with van der Waals surface area (Å²) in [7, 11) is 0. The number of hydrogen-bond donors (Lipinski definition) is 0. The molecule has 0 aliphatic rings. The fraction of sp³-hybridized carbons (Fsp3) is 0.167. The van der Waals surface area contributed by atoms with Crippen molar-refractivity contribution < 1.29 is 9.47 Å². The summed E-state index contributed by atoms with van der Waals surface area (Å²) in [6, 6.07) is 24.0. The Balaban J connectivity index is 1.49. The Morgan fingerprint density at radius 2 is 1.22 bits per heavy atom. The molecule has 3 rings (SSSR count). The Morgan fingerprint density at radius 1 is 0.778 bits per heavy atom. The minimum atomic E-state index is 0.00809. The number of ether oxygens (including phenoxy) is 2. The standard InChI is InChI=1S/C24H23ClO2/c1-3-19-8-12-23(13-9-19)26-16-20-4-6-21(7-5-20)17-27-24-14-10-22(11-15-24)18(2)25/h3-15,18H,1,16-17H2,2H3. The van der Waals surface area contributed by atoms with Crippen molar-refractivity contribution in [2.45, 2.75) is 25.5 Å². The molecule has 0 N–H and O–H groups in total. The highest BCUT2D eigenvalue weighted by atomic mass is 35.5. The number of alkyl halides is 1. The maximum Gasteiger partial charge on any atom is 0.119 e. The molecule has 27 heavy (non-hydrogen) atoms. The van der Waals surface area contributed by atoms with E-state index in [4.69, 9.17) is 21.1 Å². The fourth-order valence-corrected chi connectivity index (χ4v) is 2.74. The lowest BCUT2D eigenvalue weighted by Crippen LogP contribution is -1.98. The second-order valence-electron chi connectivity index (χ2n) is 6.35. The molecule has 0 saturated carbocycles. The van der Waals surface area contributed by atoms with E-state index in [0.29, 0.717) is 13.2 Å². The van der Waals surface area contributed by atoms with E-state index in [9.17, 15) is 0 Å². The van der Waals surface area contributed by atoms with E-state index < -0.39 is 0 Å². The van der Waals surface area contributed by atoms with Crippen LogP contribution in [0, 0.1) is 0 Å². The van der Waals surface area contributed by atoms with Gasteiger partial charge in [-0.1, -0.05) is 61.2 Å². The van der Waals surface area contributed by atoms with Crippen LogP contribution in [0.3, 0.4) is 0 Å². The van der Waals surface area contributed by atoms with Crippen molar-refractivity contribution in [3.8, 4) is 11.5 Å². The molecule has 0 saturated heterocycles. The van der Waals surface area contributed by atoms with Crippen molar-refractivity contribution in [2.24, 2.45) is 0 Å². The van der Waals surface area contributed by atoms with Gasteiger partial charge in [-0.2, -0.15) is 0 Å². The smallest absolute Gasteiger partial charge is 0.119 e. The van der Waals surface area contributed by atoms with E-state index in [1.54, 1.807) is 0 Å². The second kappa shape index (κ2) is 9.29. The molecular weight excluding hydrogens is 356 g/mol. The van der Waals surface area contributed by atoms with Gasteiger partial charge in [0.25, 0.3) is 0 Å². The van der Waals surface area contributed by atoms with Gasteiger partial charge in [-0.15, -0.1) is 11.6 Å². The molecule has 2 nitrogen and oxygen atoms in total. The zero-order valence-corrected chi connectivity index (χ0v) is 16.2. The molecule has 0 aromatic heterocycles. The minimum Gasteiger partial charge on any atom is -0.489 e. The summed E-state index contributed by atoms with van der Waals surface area (Å²) in [6.45, 7) is 6.77. The van der Waals surface area contributed by atoms with E-state index in [0.717, 1.165) is 33.8 Å². The molecule has 0 heterocycles. The normalized spacial score (nSPS) is 11.6. The first-order chi connectivity index (χ1) is 13.1. The first-order valence-electron chi connectivity index (χ1n) is 8.94. The summed E-state index contributed by atoms with van der Waals surface area (Å²) in [5.41, 5.74) is 4.40. The van der Waals surface area contributed by atoms with Gasteiger partial charge < -0.3 is 9.47 Å². The van der Waals surface area contributed by atoms with Gasteiger partial charge in [-0.25, -0.2) is 0 Å². The summed E-state index contributed by atoms with van der Waals surface area (Å²) in [5.74, 6) is 1.69. The Kier molecular flexibility index (Phi) is 6.56. The van der Waals surface area contributed by atoms with E-state index in [-0.39, 0.29) is 5.38 Å². The van der Waals surface area contributed by atoms with Crippen molar-refractivity contribution in [3.05, 3.63) is 102 Å². The molecule has 138 valence electrons. The third-order valence-electron chi connectivity index (χ3n) is 4.29. The number of rotatable bonds is 8. The average molecular weight is 379 g/mol. The van der Waals surface area contributed by atoms with Crippen molar-refractivity contribution in [2.75, 3.05) is 0 Å². The fourth-order valence-electron chi connectivity index (χ4n) is 2.59. The topological polar surface area (TPSA) is 18.5 Å². The van der Waals surface area contributed by atoms with Crippen LogP contribution in [0.2, 0.25) is 0 Å². The van der Waals surface area contributed by atoms with Gasteiger partial charge in [0.05, 0.1) is 5.38 Å². The minimum absolute atomic E-state index is 0.00809. The highest BCUT2D eigenvalue weighted by Crippen LogP contribution is 2.22. The van der Waals surface area contributed by atoms with Gasteiger partial charge >= 0.3 is 0 Å². The predicted octanol–water partition coefficient (Wildman–Crippen LogP) is 6.79. The maximum absolute atomic E-state index is 6.07. The Hall–Kier alpha value is -2.71. The summed E-state index contributed by atoms with van der Waals surface area (Å²) in [6.07, 6.45) is 1.82. The summed E-state index contributed by atoms with van der Waals surface area (Å²) in [4.78, 5) is 0. The monoisotopic (exact) mass is 378 g/mol. The van der Waals surface area contributed by atoms with Crippen molar-refractivity contribution in [1.82, 2.24) is 0 Å². The molecule has 0 bridgehead atoms. The van der Waals surface area contributed by atoms with E-state index in [1.165, 1.54) is 0 Å². The molecule has 0 amide bonds. The van der Waals surface area contributed by atoms with E-state index in [1.807, 2.05) is 61.5 Å². The second-order valence-corrected chi connectivity index (χ2v) is 7.01. The number of benzene rings is 3. The molecule has 3 heteroatoms. The average Bonchev–Trinajstić information content (AvgIpc) is 2.72. The summed E-state index contributed by atoms with van der Waals surface area (Å²) in [5, 5.41) is 0.00809. The first kappa shape index (κ1) is 19.1. The van der Waals surface area contributed by atoms with Gasteiger partial charge in [0, 0.05) is 0 Å². The van der Waals surface area contributed by atoms with Crippen LogP contribution >= 0.6 is 11.6 Å². The van der Waals surface area contributed by atoms with Crippen LogP contribution in [0.25, 0.3) is 6.08 Å². The third-order valence-corrected chi connectivity index (χ3v) is 4.54. The molecule has 0 radical (unpaired) electrons. The lowest BCUT2D eigenvalue weighted by molar-refractivity contribution is 0.302. The molecule has 0 aliphatic heterocycles. The van der Waals surface area contributed by atoms with Crippen LogP contribution in [-0.2, 0) is 13.2 Å². The predicted molar refractivity (Wildman–Crippen MR) is 112 cm³/mol. The molecule has 3 aromatic rings. The molecule has 1 unspecified atom stereocenters. The molecule has 0 aliphatic carbocycles. The van der Waals surface area contributed by atoms with Crippen LogP contribution in [0.1, 0.15) is 34.6 Å². The first-order valence-corrected chi connectivity index (χ1v) is 9.37.